The van der Waals surface area contributed by atoms with Gasteiger partial charge in [-0.05, 0) is 85.0 Å². The van der Waals surface area contributed by atoms with Gasteiger partial charge in [-0.25, -0.2) is 0 Å². The summed E-state index contributed by atoms with van der Waals surface area (Å²) in [6, 6.07) is 5.32. The summed E-state index contributed by atoms with van der Waals surface area (Å²) in [5, 5.41) is 22.3. The first-order chi connectivity index (χ1) is 21.2. The Morgan fingerprint density at radius 1 is 0.826 bits per heavy atom. The Labute approximate surface area is 257 Å². The highest BCUT2D eigenvalue weighted by Gasteiger charge is 2.38. The number of methoxy groups -OCH3 is 1. The van der Waals surface area contributed by atoms with Crippen molar-refractivity contribution in [3.05, 3.63) is 81.9 Å². The zero-order valence-electron chi connectivity index (χ0n) is 24.6. The standard InChI is InChI=1S/C31H30F9NO5/c1-16-9-26(45-3)24(14-25(16)46-8-4-5-27(42)43)23-7-6-20(29(32,33)34)12-19(23)15-41-17(2)28(44)18-10-21(30(35,36)37)13-22(11-18)31(38,39)40/h6-7,9-14,17,28,41,44H,4-5,8,15H2,1-3H3,(H,42,43). The number of aliphatic hydroxyl groups is 1. The lowest BCUT2D eigenvalue weighted by atomic mass is 9.94. The van der Waals surface area contributed by atoms with Gasteiger partial charge >= 0.3 is 24.5 Å². The van der Waals surface area contributed by atoms with E-state index in [1.54, 1.807) is 13.0 Å². The number of carbonyl (C=O) groups is 1. The van der Waals surface area contributed by atoms with Crippen LogP contribution in [0.4, 0.5) is 39.5 Å². The molecule has 0 saturated carbocycles. The zero-order valence-corrected chi connectivity index (χ0v) is 24.6. The Hall–Kier alpha value is -3.98. The predicted octanol–water partition coefficient (Wildman–Crippen LogP) is 8.18. The van der Waals surface area contributed by atoms with Crippen LogP contribution in [0.2, 0.25) is 0 Å². The maximum Gasteiger partial charge on any atom is 0.416 e. The number of aryl methyl sites for hydroxylation is 1. The predicted molar refractivity (Wildman–Crippen MR) is 148 cm³/mol. The van der Waals surface area contributed by atoms with Gasteiger partial charge in [0.15, 0.2) is 0 Å². The molecule has 3 N–H and O–H groups in total. The van der Waals surface area contributed by atoms with E-state index in [2.05, 4.69) is 5.32 Å². The number of aliphatic carboxylic acids is 1. The molecule has 0 aromatic heterocycles. The highest BCUT2D eigenvalue weighted by molar-refractivity contribution is 5.76. The minimum atomic E-state index is -5.15. The number of alkyl halides is 9. The van der Waals surface area contributed by atoms with Crippen LogP contribution < -0.4 is 14.8 Å². The molecule has 0 aliphatic heterocycles. The van der Waals surface area contributed by atoms with Crippen molar-refractivity contribution in [2.75, 3.05) is 13.7 Å². The van der Waals surface area contributed by atoms with Gasteiger partial charge < -0.3 is 25.0 Å². The first kappa shape index (κ1) is 36.5. The van der Waals surface area contributed by atoms with Crippen LogP contribution >= 0.6 is 0 Å². The zero-order chi connectivity index (χ0) is 34.6. The molecule has 0 amide bonds. The summed E-state index contributed by atoms with van der Waals surface area (Å²) in [7, 11) is 1.33. The molecule has 0 heterocycles. The lowest BCUT2D eigenvalue weighted by Gasteiger charge is -2.24. The van der Waals surface area contributed by atoms with Gasteiger partial charge in [0.2, 0.25) is 0 Å². The molecule has 0 spiro atoms. The van der Waals surface area contributed by atoms with E-state index in [0.29, 0.717) is 23.4 Å². The Balaban J connectivity index is 2.00. The maximum atomic E-state index is 13.7. The van der Waals surface area contributed by atoms with Crippen molar-refractivity contribution >= 4 is 5.97 Å². The van der Waals surface area contributed by atoms with Crippen LogP contribution in [0, 0.1) is 6.92 Å². The second kappa shape index (κ2) is 14.2. The molecular formula is C31H30F9NO5. The van der Waals surface area contributed by atoms with Crippen molar-refractivity contribution in [1.82, 2.24) is 5.32 Å². The number of halogens is 9. The summed E-state index contributed by atoms with van der Waals surface area (Å²) in [5.74, 6) is -0.479. The van der Waals surface area contributed by atoms with Crippen molar-refractivity contribution in [3.8, 4) is 22.6 Å². The molecule has 0 bridgehead atoms. The average Bonchev–Trinajstić information content (AvgIpc) is 2.96. The second-order valence-electron chi connectivity index (χ2n) is 10.5. The van der Waals surface area contributed by atoms with Crippen molar-refractivity contribution in [2.45, 2.75) is 63.9 Å². The van der Waals surface area contributed by atoms with Crippen LogP contribution in [0.5, 0.6) is 11.5 Å². The van der Waals surface area contributed by atoms with Gasteiger partial charge in [-0.15, -0.1) is 0 Å². The number of hydrogen-bond donors (Lipinski definition) is 3. The molecule has 2 unspecified atom stereocenters. The van der Waals surface area contributed by atoms with Crippen LogP contribution in [0.1, 0.15) is 59.3 Å². The van der Waals surface area contributed by atoms with Gasteiger partial charge in [0.1, 0.15) is 11.5 Å². The summed E-state index contributed by atoms with van der Waals surface area (Å²) < 4.78 is 132. The van der Waals surface area contributed by atoms with E-state index < -0.39 is 65.4 Å². The number of nitrogens with one attached hydrogen (secondary N) is 1. The molecule has 0 radical (unpaired) electrons. The van der Waals surface area contributed by atoms with Crippen LogP contribution in [0.25, 0.3) is 11.1 Å². The highest BCUT2D eigenvalue weighted by Crippen LogP contribution is 2.41. The van der Waals surface area contributed by atoms with Crippen LogP contribution in [0.15, 0.2) is 48.5 Å². The van der Waals surface area contributed by atoms with Crippen LogP contribution in [-0.4, -0.2) is 35.9 Å². The number of ether oxygens (including phenoxy) is 2. The SMILES string of the molecule is COc1cc(C)c(OCCCC(=O)O)cc1-c1ccc(C(F)(F)F)cc1CNC(C)C(O)c1cc(C(F)(F)F)cc(C(F)(F)F)c1. The minimum absolute atomic E-state index is 0.00729. The fourth-order valence-corrected chi connectivity index (χ4v) is 4.60. The molecule has 3 rings (SSSR count). The van der Waals surface area contributed by atoms with E-state index in [0.717, 1.165) is 12.1 Å². The van der Waals surface area contributed by atoms with Gasteiger partial charge in [0.25, 0.3) is 0 Å². The Morgan fingerprint density at radius 2 is 1.41 bits per heavy atom. The lowest BCUT2D eigenvalue weighted by Crippen LogP contribution is -2.32. The third-order valence-electron chi connectivity index (χ3n) is 7.05. The first-order valence-corrected chi connectivity index (χ1v) is 13.7. The lowest BCUT2D eigenvalue weighted by molar-refractivity contribution is -0.143. The molecule has 0 aliphatic carbocycles. The van der Waals surface area contributed by atoms with E-state index in [9.17, 15) is 49.4 Å². The van der Waals surface area contributed by atoms with Crippen molar-refractivity contribution in [2.24, 2.45) is 0 Å². The summed E-state index contributed by atoms with van der Waals surface area (Å²) in [5.41, 5.74) is -3.90. The van der Waals surface area contributed by atoms with E-state index in [1.165, 1.54) is 26.2 Å². The van der Waals surface area contributed by atoms with E-state index >= 15 is 0 Å². The Bertz CT molecular complexity index is 1500. The topological polar surface area (TPSA) is 88.0 Å². The molecule has 252 valence electrons. The number of rotatable bonds is 12. The molecule has 3 aromatic carbocycles. The molecule has 3 aromatic rings. The van der Waals surface area contributed by atoms with E-state index in [1.807, 2.05) is 0 Å². The number of aliphatic hydroxyl groups excluding tert-OH is 1. The monoisotopic (exact) mass is 667 g/mol. The molecule has 46 heavy (non-hydrogen) atoms. The third-order valence-corrected chi connectivity index (χ3v) is 7.05. The highest BCUT2D eigenvalue weighted by atomic mass is 19.4. The molecule has 0 saturated heterocycles. The number of carboxylic acid groups (broad SMARTS) is 1. The second-order valence-corrected chi connectivity index (χ2v) is 10.5. The Morgan fingerprint density at radius 3 is 1.93 bits per heavy atom. The number of hydrogen-bond acceptors (Lipinski definition) is 5. The van der Waals surface area contributed by atoms with Gasteiger partial charge in [0.05, 0.1) is 36.5 Å². The van der Waals surface area contributed by atoms with Gasteiger partial charge in [-0.3, -0.25) is 4.79 Å². The average molecular weight is 668 g/mol. The van der Waals surface area contributed by atoms with Crippen molar-refractivity contribution in [1.29, 1.82) is 0 Å². The largest absolute Gasteiger partial charge is 0.496 e. The molecular weight excluding hydrogens is 637 g/mol. The van der Waals surface area contributed by atoms with E-state index in [4.69, 9.17) is 14.6 Å². The van der Waals surface area contributed by atoms with Crippen molar-refractivity contribution in [3.63, 3.8) is 0 Å². The van der Waals surface area contributed by atoms with Crippen LogP contribution in [-0.2, 0) is 29.9 Å². The van der Waals surface area contributed by atoms with Gasteiger partial charge in [0, 0.05) is 24.6 Å². The number of carboxylic acids is 1. The first-order valence-electron chi connectivity index (χ1n) is 13.7. The van der Waals surface area contributed by atoms with Gasteiger partial charge in [-0.2, -0.15) is 39.5 Å². The smallest absolute Gasteiger partial charge is 0.416 e. The van der Waals surface area contributed by atoms with Gasteiger partial charge in [-0.1, -0.05) is 6.07 Å². The molecule has 2 atom stereocenters. The Kier molecular flexibility index (Phi) is 11.3. The minimum Gasteiger partial charge on any atom is -0.496 e. The maximum absolute atomic E-state index is 13.7. The summed E-state index contributed by atoms with van der Waals surface area (Å²) in [6.07, 6.45) is -16.9. The molecule has 15 heteroatoms. The number of benzene rings is 3. The fourth-order valence-electron chi connectivity index (χ4n) is 4.60. The normalized spacial score (nSPS) is 13.8. The summed E-state index contributed by atoms with van der Waals surface area (Å²) >= 11 is 0. The summed E-state index contributed by atoms with van der Waals surface area (Å²) in [4.78, 5) is 10.8. The quantitative estimate of drug-likeness (QED) is 0.133. The van der Waals surface area contributed by atoms with E-state index in [-0.39, 0.29) is 48.0 Å². The fraction of sp³-hybridized carbons (Fsp3) is 0.387. The molecule has 6 nitrogen and oxygen atoms in total. The van der Waals surface area contributed by atoms with Crippen LogP contribution in [0.3, 0.4) is 0 Å². The molecule has 0 aliphatic rings. The third kappa shape index (κ3) is 9.28. The van der Waals surface area contributed by atoms with Crippen molar-refractivity contribution < 1.29 is 64.0 Å². The summed E-state index contributed by atoms with van der Waals surface area (Å²) in [6.45, 7) is 2.55. The molecule has 0 fully saturated rings.